The highest BCUT2D eigenvalue weighted by Crippen LogP contribution is 2.25. The first-order valence-electron chi connectivity index (χ1n) is 8.88. The summed E-state index contributed by atoms with van der Waals surface area (Å²) >= 11 is 5.87. The Balaban J connectivity index is 2.36. The largest absolute Gasteiger partial charge is 0.352 e. The summed E-state index contributed by atoms with van der Waals surface area (Å²) in [5.41, 5.74) is 1.44. The maximum Gasteiger partial charge on any atom is 0.264 e. The summed E-state index contributed by atoms with van der Waals surface area (Å²) in [4.78, 5) is 12.6. The van der Waals surface area contributed by atoms with Gasteiger partial charge in [0, 0.05) is 11.1 Å². The van der Waals surface area contributed by atoms with Crippen molar-refractivity contribution in [3.63, 3.8) is 0 Å². The summed E-state index contributed by atoms with van der Waals surface area (Å²) < 4.78 is 27.5. The molecule has 7 heteroatoms. The molecule has 0 heterocycles. The molecular weight excluding hydrogens is 384 g/mol. The lowest BCUT2D eigenvalue weighted by Gasteiger charge is -2.25. The van der Waals surface area contributed by atoms with Crippen LogP contribution in [0.5, 0.6) is 0 Å². The van der Waals surface area contributed by atoms with Gasteiger partial charge >= 0.3 is 0 Å². The summed E-state index contributed by atoms with van der Waals surface area (Å²) in [6.45, 7) is 5.57. The first-order valence-corrected chi connectivity index (χ1v) is 10.7. The topological polar surface area (TPSA) is 66.5 Å². The minimum atomic E-state index is -3.91. The van der Waals surface area contributed by atoms with Crippen molar-refractivity contribution in [3.8, 4) is 0 Å². The number of sulfonamides is 1. The molecule has 0 saturated heterocycles. The lowest BCUT2D eigenvalue weighted by molar-refractivity contribution is -0.120. The molecule has 0 bridgehead atoms. The van der Waals surface area contributed by atoms with E-state index >= 15 is 0 Å². The zero-order valence-electron chi connectivity index (χ0n) is 15.8. The maximum atomic E-state index is 13.2. The van der Waals surface area contributed by atoms with Crippen molar-refractivity contribution in [1.29, 1.82) is 0 Å². The average Bonchev–Trinajstić information content (AvgIpc) is 2.61. The molecule has 2 rings (SSSR count). The lowest BCUT2D eigenvalue weighted by atomic mass is 10.2. The third-order valence-electron chi connectivity index (χ3n) is 4.14. The molecule has 0 aromatic heterocycles. The van der Waals surface area contributed by atoms with E-state index in [0.29, 0.717) is 10.7 Å². The Morgan fingerprint density at radius 2 is 1.70 bits per heavy atom. The van der Waals surface area contributed by atoms with Gasteiger partial charge in [-0.3, -0.25) is 9.10 Å². The van der Waals surface area contributed by atoms with Gasteiger partial charge in [-0.25, -0.2) is 8.42 Å². The monoisotopic (exact) mass is 408 g/mol. The molecule has 0 unspecified atom stereocenters. The van der Waals surface area contributed by atoms with Gasteiger partial charge in [-0.1, -0.05) is 42.6 Å². The summed E-state index contributed by atoms with van der Waals surface area (Å²) in [5.74, 6) is -0.339. The van der Waals surface area contributed by atoms with Crippen LogP contribution in [0.4, 0.5) is 5.69 Å². The minimum absolute atomic E-state index is 0.0133. The number of benzene rings is 2. The maximum absolute atomic E-state index is 13.2. The Labute approximate surface area is 166 Å². The van der Waals surface area contributed by atoms with Crippen LogP contribution >= 0.6 is 11.6 Å². The number of halogens is 1. The van der Waals surface area contributed by atoms with E-state index in [9.17, 15) is 13.2 Å². The van der Waals surface area contributed by atoms with Gasteiger partial charge in [0.2, 0.25) is 5.91 Å². The Morgan fingerprint density at radius 3 is 2.26 bits per heavy atom. The second-order valence-corrected chi connectivity index (χ2v) is 8.86. The van der Waals surface area contributed by atoms with Gasteiger partial charge in [0.25, 0.3) is 10.0 Å². The Morgan fingerprint density at radius 1 is 1.11 bits per heavy atom. The normalized spacial score (nSPS) is 12.4. The number of carbonyl (C=O) groups excluding carboxylic acids is 1. The number of anilines is 1. The van der Waals surface area contributed by atoms with Crippen LogP contribution in [0.3, 0.4) is 0 Å². The van der Waals surface area contributed by atoms with Gasteiger partial charge in [0.15, 0.2) is 0 Å². The molecule has 2 aromatic carbocycles. The van der Waals surface area contributed by atoms with Crippen molar-refractivity contribution in [2.45, 2.75) is 44.6 Å². The molecule has 5 nitrogen and oxygen atoms in total. The van der Waals surface area contributed by atoms with E-state index in [0.717, 1.165) is 22.7 Å². The predicted octanol–water partition coefficient (Wildman–Crippen LogP) is 4.15. The molecule has 1 N–H and O–H groups in total. The number of hydrogen-bond acceptors (Lipinski definition) is 3. The number of rotatable bonds is 8. The Hall–Kier alpha value is -2.05. The lowest BCUT2D eigenvalue weighted by Crippen LogP contribution is -2.43. The first-order chi connectivity index (χ1) is 12.7. The second kappa shape index (κ2) is 9.24. The van der Waals surface area contributed by atoms with Gasteiger partial charge in [0.1, 0.15) is 6.54 Å². The highest BCUT2D eigenvalue weighted by molar-refractivity contribution is 7.92. The Bertz CT molecular complexity index is 865. The molecule has 1 atom stereocenters. The van der Waals surface area contributed by atoms with Crippen LogP contribution in [-0.2, 0) is 14.8 Å². The summed E-state index contributed by atoms with van der Waals surface area (Å²) in [6, 6.07) is 12.9. The minimum Gasteiger partial charge on any atom is -0.352 e. The van der Waals surface area contributed by atoms with E-state index in [1.807, 2.05) is 32.9 Å². The molecular formula is C20H25ClN2O3S. The molecule has 0 fully saturated rings. The van der Waals surface area contributed by atoms with Crippen molar-refractivity contribution in [2.24, 2.45) is 0 Å². The molecule has 0 spiro atoms. The van der Waals surface area contributed by atoms with Crippen LogP contribution < -0.4 is 9.62 Å². The third-order valence-corrected chi connectivity index (χ3v) is 6.18. The molecule has 0 aliphatic rings. The zero-order valence-corrected chi connectivity index (χ0v) is 17.3. The zero-order chi connectivity index (χ0) is 20.0. The molecule has 0 saturated carbocycles. The van der Waals surface area contributed by atoms with Crippen molar-refractivity contribution in [2.75, 3.05) is 10.8 Å². The van der Waals surface area contributed by atoms with Crippen LogP contribution in [0, 0.1) is 6.92 Å². The number of carbonyl (C=O) groups is 1. The predicted molar refractivity (Wildman–Crippen MR) is 110 cm³/mol. The fourth-order valence-corrected chi connectivity index (χ4v) is 4.26. The van der Waals surface area contributed by atoms with E-state index < -0.39 is 10.0 Å². The van der Waals surface area contributed by atoms with Gasteiger partial charge < -0.3 is 5.32 Å². The first kappa shape index (κ1) is 21.3. The average molecular weight is 409 g/mol. The fraction of sp³-hybridized carbons (Fsp3) is 0.350. The van der Waals surface area contributed by atoms with Crippen LogP contribution in [0.2, 0.25) is 5.02 Å². The van der Waals surface area contributed by atoms with Gasteiger partial charge in [0.05, 0.1) is 10.6 Å². The summed E-state index contributed by atoms with van der Waals surface area (Å²) in [6.07, 6.45) is 1.77. The number of amides is 1. The van der Waals surface area contributed by atoms with E-state index in [4.69, 9.17) is 11.6 Å². The van der Waals surface area contributed by atoms with Crippen molar-refractivity contribution < 1.29 is 13.2 Å². The van der Waals surface area contributed by atoms with E-state index in [2.05, 4.69) is 5.32 Å². The quantitative estimate of drug-likeness (QED) is 0.713. The summed E-state index contributed by atoms with van der Waals surface area (Å²) in [5, 5.41) is 3.31. The van der Waals surface area contributed by atoms with Crippen molar-refractivity contribution >= 4 is 33.2 Å². The summed E-state index contributed by atoms with van der Waals surface area (Å²) in [7, 11) is -3.91. The fourth-order valence-electron chi connectivity index (χ4n) is 2.72. The van der Waals surface area contributed by atoms with Crippen molar-refractivity contribution in [3.05, 3.63) is 59.1 Å². The molecule has 0 aliphatic heterocycles. The van der Waals surface area contributed by atoms with E-state index in [-0.39, 0.29) is 23.4 Å². The van der Waals surface area contributed by atoms with Crippen molar-refractivity contribution in [1.82, 2.24) is 5.32 Å². The van der Waals surface area contributed by atoms with Gasteiger partial charge in [-0.05, 0) is 56.7 Å². The molecule has 1 amide bonds. The second-order valence-electron chi connectivity index (χ2n) is 6.56. The molecule has 0 radical (unpaired) electrons. The smallest absolute Gasteiger partial charge is 0.264 e. The molecule has 146 valence electrons. The number of aryl methyl sites for hydroxylation is 1. The Kier molecular flexibility index (Phi) is 7.27. The van der Waals surface area contributed by atoms with Crippen LogP contribution in [0.25, 0.3) is 0 Å². The van der Waals surface area contributed by atoms with Gasteiger partial charge in [-0.15, -0.1) is 0 Å². The number of hydrogen-bond donors (Lipinski definition) is 1. The number of nitrogens with zero attached hydrogens (tertiary/aromatic N) is 1. The third kappa shape index (κ3) is 5.71. The number of nitrogens with one attached hydrogen (secondary N) is 1. The van der Waals surface area contributed by atoms with E-state index in [1.165, 1.54) is 24.3 Å². The standard InChI is InChI=1S/C20H25ClN2O3S/c1-4-5-16(3)22-20(24)14-23(18-10-6-15(2)7-11-18)27(25,26)19-12-8-17(21)9-13-19/h6-13,16H,4-5,14H2,1-3H3,(H,22,24)/t16-/m0/s1. The highest BCUT2D eigenvalue weighted by Gasteiger charge is 2.27. The molecule has 2 aromatic rings. The highest BCUT2D eigenvalue weighted by atomic mass is 35.5. The molecule has 0 aliphatic carbocycles. The molecule has 27 heavy (non-hydrogen) atoms. The van der Waals surface area contributed by atoms with Crippen LogP contribution in [0.1, 0.15) is 32.3 Å². The SMILES string of the molecule is CCC[C@H](C)NC(=O)CN(c1ccc(C)cc1)S(=O)(=O)c1ccc(Cl)cc1. The van der Waals surface area contributed by atoms with Crippen LogP contribution in [-0.4, -0.2) is 26.9 Å². The van der Waals surface area contributed by atoms with E-state index in [1.54, 1.807) is 12.1 Å². The van der Waals surface area contributed by atoms with Gasteiger partial charge in [-0.2, -0.15) is 0 Å². The van der Waals surface area contributed by atoms with Crippen LogP contribution in [0.15, 0.2) is 53.4 Å².